The van der Waals surface area contributed by atoms with Gasteiger partial charge in [0.1, 0.15) is 5.75 Å². The van der Waals surface area contributed by atoms with E-state index in [1.54, 1.807) is 56.5 Å². The first-order valence-corrected chi connectivity index (χ1v) is 8.70. The van der Waals surface area contributed by atoms with E-state index in [1.165, 1.54) is 0 Å². The number of carbonyl (C=O) groups excluding carboxylic acids is 3. The first-order valence-electron chi connectivity index (χ1n) is 8.70. The Hall–Kier alpha value is -3.61. The summed E-state index contributed by atoms with van der Waals surface area (Å²) in [6.45, 7) is 1.52. The van der Waals surface area contributed by atoms with E-state index in [0.29, 0.717) is 23.4 Å². The zero-order valence-electron chi connectivity index (χ0n) is 15.7. The predicted octanol–water partition coefficient (Wildman–Crippen LogP) is 2.62. The van der Waals surface area contributed by atoms with Gasteiger partial charge in [-0.3, -0.25) is 10.1 Å². The average Bonchev–Trinajstić information content (AvgIpc) is 2.71. The fourth-order valence-corrected chi connectivity index (χ4v) is 2.40. The molecule has 28 heavy (non-hydrogen) atoms. The Bertz CT molecular complexity index is 862. The fourth-order valence-electron chi connectivity index (χ4n) is 2.40. The van der Waals surface area contributed by atoms with Gasteiger partial charge in [0, 0.05) is 12.1 Å². The van der Waals surface area contributed by atoms with Crippen molar-refractivity contribution < 1.29 is 23.9 Å². The van der Waals surface area contributed by atoms with Crippen LogP contribution in [0.15, 0.2) is 54.6 Å². The second-order valence-corrected chi connectivity index (χ2v) is 5.65. The highest BCUT2D eigenvalue weighted by Crippen LogP contribution is 2.25. The smallest absolute Gasteiger partial charge is 0.339 e. The van der Waals surface area contributed by atoms with Crippen LogP contribution in [-0.2, 0) is 14.3 Å². The first kappa shape index (κ1) is 20.7. The van der Waals surface area contributed by atoms with E-state index in [9.17, 15) is 14.4 Å². The molecule has 2 rings (SSSR count). The van der Waals surface area contributed by atoms with E-state index in [4.69, 9.17) is 9.47 Å². The lowest BCUT2D eigenvalue weighted by atomic mass is 10.0. The monoisotopic (exact) mass is 382 g/mol. The highest BCUT2D eigenvalue weighted by molar-refractivity contribution is 6.22. The number of benzene rings is 2. The zero-order valence-corrected chi connectivity index (χ0v) is 15.7. The minimum Gasteiger partial charge on any atom is -0.496 e. The van der Waals surface area contributed by atoms with Gasteiger partial charge in [0.2, 0.25) is 0 Å². The molecule has 0 fully saturated rings. The molecule has 0 radical (unpaired) electrons. The number of urea groups is 1. The van der Waals surface area contributed by atoms with Crippen molar-refractivity contribution in [2.24, 2.45) is 0 Å². The van der Waals surface area contributed by atoms with Crippen LogP contribution >= 0.6 is 0 Å². The van der Waals surface area contributed by atoms with Gasteiger partial charge in [-0.05, 0) is 24.6 Å². The molecule has 0 aliphatic carbocycles. The number of nitrogens with one attached hydrogen (secondary N) is 2. The highest BCUT2D eigenvalue weighted by Gasteiger charge is 2.17. The van der Waals surface area contributed by atoms with Crippen LogP contribution in [0, 0.1) is 0 Å². The molecule has 0 aliphatic rings. The molecule has 0 bridgehead atoms. The lowest BCUT2D eigenvalue weighted by Gasteiger charge is -2.11. The van der Waals surface area contributed by atoms with Crippen molar-refractivity contribution in [2.75, 3.05) is 20.3 Å². The topological polar surface area (TPSA) is 93.7 Å². The van der Waals surface area contributed by atoms with Gasteiger partial charge < -0.3 is 14.8 Å². The summed E-state index contributed by atoms with van der Waals surface area (Å²) in [6, 6.07) is 15.5. The summed E-state index contributed by atoms with van der Waals surface area (Å²) in [5, 5.41) is 4.50. The Morgan fingerprint density at radius 2 is 1.68 bits per heavy atom. The van der Waals surface area contributed by atoms with Crippen LogP contribution in [0.2, 0.25) is 0 Å². The Kier molecular flexibility index (Phi) is 7.77. The van der Waals surface area contributed by atoms with Crippen molar-refractivity contribution in [2.45, 2.75) is 6.92 Å². The SMILES string of the molecule is CCNC(=O)NC(=O)COC(=O)/C(=C/c1ccccc1OC)c1ccccc1. The molecule has 2 aromatic rings. The van der Waals surface area contributed by atoms with Gasteiger partial charge >= 0.3 is 12.0 Å². The van der Waals surface area contributed by atoms with E-state index in [2.05, 4.69) is 10.6 Å². The number of imide groups is 1. The summed E-state index contributed by atoms with van der Waals surface area (Å²) in [5.41, 5.74) is 1.58. The van der Waals surface area contributed by atoms with Crippen molar-refractivity contribution >= 4 is 29.6 Å². The lowest BCUT2D eigenvalue weighted by molar-refractivity contribution is -0.142. The van der Waals surface area contributed by atoms with E-state index >= 15 is 0 Å². The number of esters is 1. The van der Waals surface area contributed by atoms with Gasteiger partial charge in [-0.25, -0.2) is 9.59 Å². The van der Waals surface area contributed by atoms with Gasteiger partial charge in [-0.15, -0.1) is 0 Å². The van der Waals surface area contributed by atoms with Crippen molar-refractivity contribution in [3.63, 3.8) is 0 Å². The molecular weight excluding hydrogens is 360 g/mol. The van der Waals surface area contributed by atoms with Crippen molar-refractivity contribution in [3.05, 3.63) is 65.7 Å². The van der Waals surface area contributed by atoms with E-state index in [-0.39, 0.29) is 5.57 Å². The van der Waals surface area contributed by atoms with Crippen LogP contribution in [0.3, 0.4) is 0 Å². The van der Waals surface area contributed by atoms with Gasteiger partial charge in [0.15, 0.2) is 6.61 Å². The van der Waals surface area contributed by atoms with Crippen LogP contribution in [0.4, 0.5) is 4.79 Å². The normalized spacial score (nSPS) is 10.7. The summed E-state index contributed by atoms with van der Waals surface area (Å²) in [5.74, 6) is -0.815. The predicted molar refractivity (Wildman–Crippen MR) is 105 cm³/mol. The number of para-hydroxylation sites is 1. The third kappa shape index (κ3) is 5.98. The molecule has 0 atom stereocenters. The third-order valence-electron chi connectivity index (χ3n) is 3.67. The number of hydrogen-bond acceptors (Lipinski definition) is 5. The average molecular weight is 382 g/mol. The van der Waals surface area contributed by atoms with Gasteiger partial charge in [0.25, 0.3) is 5.91 Å². The minimum atomic E-state index is -0.719. The van der Waals surface area contributed by atoms with Gasteiger partial charge in [0.05, 0.1) is 12.7 Å². The second-order valence-electron chi connectivity index (χ2n) is 5.65. The quantitative estimate of drug-likeness (QED) is 0.436. The van der Waals surface area contributed by atoms with E-state index < -0.39 is 24.5 Å². The van der Waals surface area contributed by atoms with Gasteiger partial charge in [-0.1, -0.05) is 48.5 Å². The Morgan fingerprint density at radius 3 is 2.36 bits per heavy atom. The summed E-state index contributed by atoms with van der Waals surface area (Å²) in [7, 11) is 1.54. The molecule has 0 aromatic heterocycles. The fraction of sp³-hybridized carbons (Fsp3) is 0.190. The van der Waals surface area contributed by atoms with Crippen molar-refractivity contribution in [1.29, 1.82) is 0 Å². The summed E-state index contributed by atoms with van der Waals surface area (Å²) >= 11 is 0. The first-order chi connectivity index (χ1) is 13.5. The molecule has 0 saturated carbocycles. The molecular formula is C21H22N2O5. The molecule has 0 unspecified atom stereocenters. The molecule has 3 amide bonds. The molecule has 0 spiro atoms. The molecule has 0 aliphatic heterocycles. The van der Waals surface area contributed by atoms with E-state index in [1.807, 2.05) is 18.2 Å². The number of amides is 3. The molecule has 0 saturated heterocycles. The van der Waals surface area contributed by atoms with Crippen LogP contribution in [0.5, 0.6) is 5.75 Å². The second kappa shape index (κ2) is 10.5. The van der Waals surface area contributed by atoms with Crippen LogP contribution in [0.25, 0.3) is 11.6 Å². The third-order valence-corrected chi connectivity index (χ3v) is 3.67. The van der Waals surface area contributed by atoms with Gasteiger partial charge in [-0.2, -0.15) is 0 Å². The molecule has 2 N–H and O–H groups in total. The number of rotatable bonds is 7. The lowest BCUT2D eigenvalue weighted by Crippen LogP contribution is -2.41. The number of methoxy groups -OCH3 is 1. The van der Waals surface area contributed by atoms with Crippen LogP contribution < -0.4 is 15.4 Å². The minimum absolute atomic E-state index is 0.260. The maximum absolute atomic E-state index is 12.7. The Morgan fingerprint density at radius 1 is 1.00 bits per heavy atom. The Balaban J connectivity index is 2.21. The summed E-state index contributed by atoms with van der Waals surface area (Å²) < 4.78 is 10.4. The summed E-state index contributed by atoms with van der Waals surface area (Å²) in [6.07, 6.45) is 1.64. The van der Waals surface area contributed by atoms with Crippen LogP contribution in [-0.4, -0.2) is 38.2 Å². The van der Waals surface area contributed by atoms with Crippen molar-refractivity contribution in [1.82, 2.24) is 10.6 Å². The van der Waals surface area contributed by atoms with Crippen LogP contribution in [0.1, 0.15) is 18.1 Å². The maximum Gasteiger partial charge on any atom is 0.339 e. The number of carbonyl (C=O) groups is 3. The maximum atomic E-state index is 12.7. The van der Waals surface area contributed by atoms with Crippen molar-refractivity contribution in [3.8, 4) is 5.75 Å². The summed E-state index contributed by atoms with van der Waals surface area (Å²) in [4.78, 5) is 35.8. The standard InChI is InChI=1S/C21H22N2O5/c1-3-22-21(26)23-19(24)14-28-20(25)17(15-9-5-4-6-10-15)13-16-11-7-8-12-18(16)27-2/h4-13H,3,14H2,1-2H3,(H2,22,23,24,26)/b17-13+. The highest BCUT2D eigenvalue weighted by atomic mass is 16.5. The largest absolute Gasteiger partial charge is 0.496 e. The molecule has 0 heterocycles. The number of hydrogen-bond donors (Lipinski definition) is 2. The molecule has 2 aromatic carbocycles. The Labute approximate surface area is 163 Å². The zero-order chi connectivity index (χ0) is 20.4. The number of ether oxygens (including phenoxy) is 2. The molecule has 7 heteroatoms. The molecule has 146 valence electrons. The van der Waals surface area contributed by atoms with E-state index in [0.717, 1.165) is 0 Å². The molecule has 7 nitrogen and oxygen atoms in total.